The molecule has 2 aromatic carbocycles. The molecular weight excluding hydrogens is 241 g/mol. The second kappa shape index (κ2) is 6.34. The minimum atomic E-state index is -0.215. The van der Waals surface area contributed by atoms with Gasteiger partial charge in [0.25, 0.3) is 0 Å². The first-order valence-electron chi connectivity index (χ1n) is 6.30. The van der Waals surface area contributed by atoms with Crippen LogP contribution >= 0.6 is 0 Å². The van der Waals surface area contributed by atoms with E-state index in [1.165, 1.54) is 17.7 Å². The zero-order valence-electron chi connectivity index (χ0n) is 11.0. The van der Waals surface area contributed by atoms with Gasteiger partial charge in [-0.3, -0.25) is 0 Å². The molecule has 2 N–H and O–H groups in total. The first-order chi connectivity index (χ1) is 9.17. The largest absolute Gasteiger partial charge is 0.497 e. The molecule has 0 aromatic heterocycles. The molecule has 0 spiro atoms. The number of hydrogen-bond acceptors (Lipinski definition) is 2. The molecular formula is C16H18FNO. The fraction of sp³-hybridized carbons (Fsp3) is 0.250. The summed E-state index contributed by atoms with van der Waals surface area (Å²) in [6.45, 7) is 0. The summed E-state index contributed by atoms with van der Waals surface area (Å²) >= 11 is 0. The maximum absolute atomic E-state index is 12.8. The van der Waals surface area contributed by atoms with Crippen molar-refractivity contribution in [3.63, 3.8) is 0 Å². The Bertz CT molecular complexity index is 507. The summed E-state index contributed by atoms with van der Waals surface area (Å²) < 4.78 is 17.9. The van der Waals surface area contributed by atoms with Gasteiger partial charge < -0.3 is 10.5 Å². The first kappa shape index (κ1) is 13.6. The zero-order valence-corrected chi connectivity index (χ0v) is 11.0. The van der Waals surface area contributed by atoms with E-state index < -0.39 is 0 Å². The highest BCUT2D eigenvalue weighted by atomic mass is 19.1. The molecule has 0 heterocycles. The van der Waals surface area contributed by atoms with E-state index in [0.29, 0.717) is 0 Å². The van der Waals surface area contributed by atoms with Gasteiger partial charge >= 0.3 is 0 Å². The molecule has 0 saturated heterocycles. The van der Waals surface area contributed by atoms with Crippen molar-refractivity contribution in [3.05, 3.63) is 65.5 Å². The van der Waals surface area contributed by atoms with Crippen molar-refractivity contribution in [2.45, 2.75) is 18.9 Å². The van der Waals surface area contributed by atoms with E-state index in [9.17, 15) is 4.39 Å². The molecule has 100 valence electrons. The lowest BCUT2D eigenvalue weighted by Gasteiger charge is -2.12. The van der Waals surface area contributed by atoms with Gasteiger partial charge in [-0.25, -0.2) is 4.39 Å². The van der Waals surface area contributed by atoms with Gasteiger partial charge in [-0.2, -0.15) is 0 Å². The Morgan fingerprint density at radius 3 is 1.89 bits per heavy atom. The van der Waals surface area contributed by atoms with Gasteiger partial charge in [-0.05, 0) is 48.2 Å². The lowest BCUT2D eigenvalue weighted by atomic mass is 10.00. The van der Waals surface area contributed by atoms with Crippen LogP contribution < -0.4 is 10.5 Å². The van der Waals surface area contributed by atoms with Crippen LogP contribution in [-0.4, -0.2) is 13.2 Å². The Hall–Kier alpha value is -1.87. The molecule has 2 nitrogen and oxygen atoms in total. The van der Waals surface area contributed by atoms with Crippen molar-refractivity contribution in [3.8, 4) is 5.75 Å². The summed E-state index contributed by atoms with van der Waals surface area (Å²) in [5.41, 5.74) is 8.36. The summed E-state index contributed by atoms with van der Waals surface area (Å²) in [6, 6.07) is 14.4. The lowest BCUT2D eigenvalue weighted by Crippen LogP contribution is -2.25. The van der Waals surface area contributed by atoms with E-state index in [4.69, 9.17) is 10.5 Å². The molecule has 0 amide bonds. The van der Waals surface area contributed by atoms with Crippen LogP contribution in [0.5, 0.6) is 5.75 Å². The second-order valence-electron chi connectivity index (χ2n) is 4.64. The van der Waals surface area contributed by atoms with Crippen molar-refractivity contribution in [1.29, 1.82) is 0 Å². The van der Waals surface area contributed by atoms with Crippen molar-refractivity contribution in [1.82, 2.24) is 0 Å². The van der Waals surface area contributed by atoms with Crippen molar-refractivity contribution < 1.29 is 9.13 Å². The van der Waals surface area contributed by atoms with E-state index in [2.05, 4.69) is 0 Å². The minimum absolute atomic E-state index is 0.0267. The molecule has 0 radical (unpaired) electrons. The number of rotatable bonds is 5. The van der Waals surface area contributed by atoms with E-state index in [-0.39, 0.29) is 11.9 Å². The van der Waals surface area contributed by atoms with Crippen LogP contribution in [0.3, 0.4) is 0 Å². The highest BCUT2D eigenvalue weighted by Crippen LogP contribution is 2.14. The average molecular weight is 259 g/mol. The monoisotopic (exact) mass is 259 g/mol. The van der Waals surface area contributed by atoms with E-state index in [1.54, 1.807) is 19.2 Å². The predicted octanol–water partition coefficient (Wildman–Crippen LogP) is 2.95. The maximum atomic E-state index is 12.8. The Labute approximate surface area is 113 Å². The highest BCUT2D eigenvalue weighted by Gasteiger charge is 2.06. The summed E-state index contributed by atoms with van der Waals surface area (Å²) in [5, 5.41) is 0. The molecule has 0 aliphatic rings. The van der Waals surface area contributed by atoms with Crippen molar-refractivity contribution in [2.24, 2.45) is 5.73 Å². The molecule has 0 aliphatic heterocycles. The number of benzene rings is 2. The first-order valence-corrected chi connectivity index (χ1v) is 6.30. The van der Waals surface area contributed by atoms with Gasteiger partial charge in [0.15, 0.2) is 0 Å². The van der Waals surface area contributed by atoms with Crippen LogP contribution in [0.4, 0.5) is 4.39 Å². The minimum Gasteiger partial charge on any atom is -0.497 e. The standard InChI is InChI=1S/C16H18FNO/c1-19-16-8-4-13(5-9-16)11-15(18)10-12-2-6-14(17)7-3-12/h2-9,15H,10-11,18H2,1H3. The third kappa shape index (κ3) is 4.07. The third-order valence-corrected chi connectivity index (χ3v) is 3.07. The molecule has 1 unspecified atom stereocenters. The van der Waals surface area contributed by atoms with Crippen LogP contribution in [0.1, 0.15) is 11.1 Å². The molecule has 0 saturated carbocycles. The number of nitrogens with two attached hydrogens (primary N) is 1. The number of ether oxygens (including phenoxy) is 1. The molecule has 1 atom stereocenters. The molecule has 19 heavy (non-hydrogen) atoms. The highest BCUT2D eigenvalue weighted by molar-refractivity contribution is 5.28. The average Bonchev–Trinajstić information content (AvgIpc) is 2.42. The van der Waals surface area contributed by atoms with Gasteiger partial charge in [0, 0.05) is 6.04 Å². The smallest absolute Gasteiger partial charge is 0.123 e. The quantitative estimate of drug-likeness (QED) is 0.896. The predicted molar refractivity (Wildman–Crippen MR) is 74.8 cm³/mol. The fourth-order valence-corrected chi connectivity index (χ4v) is 2.06. The maximum Gasteiger partial charge on any atom is 0.123 e. The van der Waals surface area contributed by atoms with Gasteiger partial charge in [-0.1, -0.05) is 24.3 Å². The second-order valence-corrected chi connectivity index (χ2v) is 4.64. The normalized spacial score (nSPS) is 12.2. The van der Waals surface area contributed by atoms with Crippen molar-refractivity contribution in [2.75, 3.05) is 7.11 Å². The van der Waals surface area contributed by atoms with Crippen LogP contribution in [0.15, 0.2) is 48.5 Å². The molecule has 0 aliphatic carbocycles. The Morgan fingerprint density at radius 1 is 0.947 bits per heavy atom. The lowest BCUT2D eigenvalue weighted by molar-refractivity contribution is 0.414. The van der Waals surface area contributed by atoms with E-state index >= 15 is 0 Å². The topological polar surface area (TPSA) is 35.2 Å². The Kier molecular flexibility index (Phi) is 4.53. The Morgan fingerprint density at radius 2 is 1.42 bits per heavy atom. The summed E-state index contributed by atoms with van der Waals surface area (Å²) in [7, 11) is 1.65. The molecule has 2 aromatic rings. The van der Waals surface area contributed by atoms with Crippen LogP contribution in [0.25, 0.3) is 0 Å². The third-order valence-electron chi connectivity index (χ3n) is 3.07. The van der Waals surface area contributed by atoms with Gasteiger partial charge in [-0.15, -0.1) is 0 Å². The van der Waals surface area contributed by atoms with Crippen molar-refractivity contribution >= 4 is 0 Å². The van der Waals surface area contributed by atoms with E-state index in [1.807, 2.05) is 24.3 Å². The summed E-state index contributed by atoms with van der Waals surface area (Å²) in [4.78, 5) is 0. The fourth-order valence-electron chi connectivity index (χ4n) is 2.06. The summed E-state index contributed by atoms with van der Waals surface area (Å²) in [5.74, 6) is 0.628. The van der Waals surface area contributed by atoms with Crippen LogP contribution in [0.2, 0.25) is 0 Å². The van der Waals surface area contributed by atoms with Crippen LogP contribution in [0, 0.1) is 5.82 Å². The molecule has 0 bridgehead atoms. The Balaban J connectivity index is 1.92. The number of hydrogen-bond donors (Lipinski definition) is 1. The molecule has 2 rings (SSSR count). The number of halogens is 1. The van der Waals surface area contributed by atoms with Gasteiger partial charge in [0.2, 0.25) is 0 Å². The van der Waals surface area contributed by atoms with Gasteiger partial charge in [0.05, 0.1) is 7.11 Å². The SMILES string of the molecule is COc1ccc(CC(N)Cc2ccc(F)cc2)cc1. The zero-order chi connectivity index (χ0) is 13.7. The van der Waals surface area contributed by atoms with Crippen LogP contribution in [-0.2, 0) is 12.8 Å². The van der Waals surface area contributed by atoms with Gasteiger partial charge in [0.1, 0.15) is 11.6 Å². The molecule has 0 fully saturated rings. The van der Waals surface area contributed by atoms with E-state index in [0.717, 1.165) is 24.2 Å². The molecule has 3 heteroatoms. The number of methoxy groups -OCH3 is 1. The summed E-state index contributed by atoms with van der Waals surface area (Å²) in [6.07, 6.45) is 1.54.